The first kappa shape index (κ1) is 23.4. The summed E-state index contributed by atoms with van der Waals surface area (Å²) >= 11 is 0. The van der Waals surface area contributed by atoms with E-state index in [4.69, 9.17) is 4.42 Å². The van der Waals surface area contributed by atoms with Crippen LogP contribution in [0.2, 0.25) is 0 Å². The number of amides is 2. The molecule has 0 spiro atoms. The lowest BCUT2D eigenvalue weighted by Gasteiger charge is -2.36. The third kappa shape index (κ3) is 6.16. The number of carbonyl (C=O) groups excluding carboxylic acids is 2. The van der Waals surface area contributed by atoms with Crippen molar-refractivity contribution >= 4 is 29.3 Å². The van der Waals surface area contributed by atoms with E-state index in [1.807, 2.05) is 71.6 Å². The highest BCUT2D eigenvalue weighted by molar-refractivity contribution is 6.01. The van der Waals surface area contributed by atoms with Crippen molar-refractivity contribution in [3.63, 3.8) is 0 Å². The van der Waals surface area contributed by atoms with E-state index in [9.17, 15) is 9.59 Å². The van der Waals surface area contributed by atoms with E-state index in [1.165, 1.54) is 6.08 Å². The van der Waals surface area contributed by atoms with Crippen molar-refractivity contribution in [2.24, 2.45) is 5.92 Å². The number of carbonyl (C=O) groups is 2. The summed E-state index contributed by atoms with van der Waals surface area (Å²) in [4.78, 5) is 28.8. The van der Waals surface area contributed by atoms with Gasteiger partial charge in [-0.2, -0.15) is 0 Å². The highest BCUT2D eigenvalue weighted by Gasteiger charge is 2.21. The zero-order valence-electron chi connectivity index (χ0n) is 19.7. The second-order valence-electron chi connectivity index (χ2n) is 8.90. The molecule has 1 aliphatic heterocycles. The zero-order valence-corrected chi connectivity index (χ0v) is 19.7. The Morgan fingerprint density at radius 1 is 0.941 bits per heavy atom. The number of anilines is 2. The summed E-state index contributed by atoms with van der Waals surface area (Å²) in [5.74, 6) is 1.79. The van der Waals surface area contributed by atoms with Gasteiger partial charge in [0.15, 0.2) is 0 Å². The van der Waals surface area contributed by atoms with Gasteiger partial charge in [-0.25, -0.2) is 0 Å². The van der Waals surface area contributed by atoms with Gasteiger partial charge in [-0.3, -0.25) is 9.59 Å². The van der Waals surface area contributed by atoms with Gasteiger partial charge in [0.2, 0.25) is 11.8 Å². The molecular weight excluding hydrogens is 426 g/mol. The molecule has 1 fully saturated rings. The molecule has 3 aromatic rings. The molecule has 0 bridgehead atoms. The van der Waals surface area contributed by atoms with Crippen LogP contribution >= 0.6 is 0 Å². The quantitative estimate of drug-likeness (QED) is 0.490. The molecule has 1 aliphatic rings. The molecule has 0 radical (unpaired) electrons. The number of benzene rings is 2. The summed E-state index contributed by atoms with van der Waals surface area (Å²) in [6.45, 7) is 7.26. The van der Waals surface area contributed by atoms with Gasteiger partial charge in [-0.1, -0.05) is 44.2 Å². The maximum atomic E-state index is 12.3. The first-order chi connectivity index (χ1) is 16.5. The van der Waals surface area contributed by atoms with Gasteiger partial charge < -0.3 is 19.5 Å². The number of hydrogen-bond acceptors (Lipinski definition) is 4. The minimum absolute atomic E-state index is 0.220. The van der Waals surface area contributed by atoms with Crippen LogP contribution in [-0.2, 0) is 9.59 Å². The molecule has 0 atom stereocenters. The highest BCUT2D eigenvalue weighted by Crippen LogP contribution is 2.23. The summed E-state index contributed by atoms with van der Waals surface area (Å²) in [6, 6.07) is 21.4. The lowest BCUT2D eigenvalue weighted by atomic mass is 10.1. The molecule has 2 aromatic carbocycles. The van der Waals surface area contributed by atoms with Gasteiger partial charge in [-0.05, 0) is 48.4 Å². The molecular formula is C28H31N3O3. The van der Waals surface area contributed by atoms with Crippen molar-refractivity contribution in [1.82, 2.24) is 4.90 Å². The van der Waals surface area contributed by atoms with Crippen molar-refractivity contribution in [3.8, 4) is 11.3 Å². The molecule has 4 rings (SSSR count). The Balaban J connectivity index is 1.27. The minimum atomic E-state index is -0.220. The number of rotatable bonds is 7. The Hall–Kier alpha value is -3.80. The van der Waals surface area contributed by atoms with E-state index >= 15 is 0 Å². The van der Waals surface area contributed by atoms with Crippen LogP contribution in [-0.4, -0.2) is 42.9 Å². The van der Waals surface area contributed by atoms with Crippen molar-refractivity contribution in [1.29, 1.82) is 0 Å². The Bertz CT molecular complexity index is 1130. The van der Waals surface area contributed by atoms with Gasteiger partial charge in [0.1, 0.15) is 11.5 Å². The zero-order chi connectivity index (χ0) is 23.9. The second-order valence-corrected chi connectivity index (χ2v) is 8.90. The van der Waals surface area contributed by atoms with Crippen LogP contribution in [0.15, 0.2) is 77.2 Å². The summed E-state index contributed by atoms with van der Waals surface area (Å²) in [5.41, 5.74) is 2.82. The third-order valence-electron chi connectivity index (χ3n) is 5.80. The van der Waals surface area contributed by atoms with Crippen LogP contribution in [0.3, 0.4) is 0 Å². The number of hydrogen-bond donors (Lipinski definition) is 1. The molecule has 0 aliphatic carbocycles. The van der Waals surface area contributed by atoms with Crippen molar-refractivity contribution < 1.29 is 14.0 Å². The first-order valence-corrected chi connectivity index (χ1v) is 11.7. The maximum absolute atomic E-state index is 12.3. The summed E-state index contributed by atoms with van der Waals surface area (Å²) < 4.78 is 5.80. The van der Waals surface area contributed by atoms with E-state index in [-0.39, 0.29) is 11.8 Å². The van der Waals surface area contributed by atoms with Gasteiger partial charge >= 0.3 is 0 Å². The maximum Gasteiger partial charge on any atom is 0.248 e. The number of nitrogens with zero attached hydrogens (tertiary/aromatic N) is 2. The smallest absolute Gasteiger partial charge is 0.248 e. The van der Waals surface area contributed by atoms with Gasteiger partial charge in [0.25, 0.3) is 0 Å². The van der Waals surface area contributed by atoms with Gasteiger partial charge in [-0.15, -0.1) is 0 Å². The summed E-state index contributed by atoms with van der Waals surface area (Å²) in [7, 11) is 0. The van der Waals surface area contributed by atoms with E-state index < -0.39 is 0 Å². The molecule has 1 aromatic heterocycles. The molecule has 6 heteroatoms. The molecule has 6 nitrogen and oxygen atoms in total. The Kier molecular flexibility index (Phi) is 7.48. The van der Waals surface area contributed by atoms with Crippen LogP contribution in [0.4, 0.5) is 11.4 Å². The standard InChI is InChI=1S/C28H31N3O3/c1-21(2)20-28(33)31-18-16-30(17-19-31)24-10-8-23(9-11-24)29-27(32)15-13-25-12-14-26(34-25)22-6-4-3-5-7-22/h3-15,21H,16-20H2,1-2H3,(H,29,32)/b15-13+. The van der Waals surface area contributed by atoms with Crippen LogP contribution < -0.4 is 10.2 Å². The van der Waals surface area contributed by atoms with E-state index in [0.29, 0.717) is 18.1 Å². The Morgan fingerprint density at radius 2 is 1.65 bits per heavy atom. The van der Waals surface area contributed by atoms with E-state index in [2.05, 4.69) is 24.1 Å². The Labute approximate surface area is 200 Å². The molecule has 2 amide bonds. The molecule has 0 unspecified atom stereocenters. The molecule has 176 valence electrons. The molecule has 34 heavy (non-hydrogen) atoms. The minimum Gasteiger partial charge on any atom is -0.457 e. The lowest BCUT2D eigenvalue weighted by Crippen LogP contribution is -2.49. The summed E-state index contributed by atoms with van der Waals surface area (Å²) in [6.07, 6.45) is 3.74. The van der Waals surface area contributed by atoms with Crippen molar-refractivity contribution in [2.45, 2.75) is 20.3 Å². The predicted octanol–water partition coefficient (Wildman–Crippen LogP) is 5.29. The van der Waals surface area contributed by atoms with Crippen molar-refractivity contribution in [3.05, 3.63) is 78.6 Å². The van der Waals surface area contributed by atoms with Gasteiger partial charge in [0.05, 0.1) is 0 Å². The normalized spacial score (nSPS) is 14.1. The first-order valence-electron chi connectivity index (χ1n) is 11.7. The average molecular weight is 458 g/mol. The van der Waals surface area contributed by atoms with Crippen LogP contribution in [0, 0.1) is 5.92 Å². The Morgan fingerprint density at radius 3 is 2.32 bits per heavy atom. The fourth-order valence-electron chi connectivity index (χ4n) is 3.99. The average Bonchev–Trinajstić information content (AvgIpc) is 3.33. The SMILES string of the molecule is CC(C)CC(=O)N1CCN(c2ccc(NC(=O)/C=C/c3ccc(-c4ccccc4)o3)cc2)CC1. The number of piperazine rings is 1. The second kappa shape index (κ2) is 10.9. The fourth-order valence-corrected chi connectivity index (χ4v) is 3.99. The predicted molar refractivity (Wildman–Crippen MR) is 136 cm³/mol. The molecule has 1 N–H and O–H groups in total. The fraction of sp³-hybridized carbons (Fsp3) is 0.286. The largest absolute Gasteiger partial charge is 0.457 e. The van der Waals surface area contributed by atoms with Crippen LogP contribution in [0.1, 0.15) is 26.0 Å². The van der Waals surface area contributed by atoms with E-state index in [0.717, 1.165) is 48.9 Å². The molecule has 2 heterocycles. The van der Waals surface area contributed by atoms with Crippen LogP contribution in [0.5, 0.6) is 0 Å². The third-order valence-corrected chi connectivity index (χ3v) is 5.80. The topological polar surface area (TPSA) is 65.8 Å². The highest BCUT2D eigenvalue weighted by atomic mass is 16.3. The van der Waals surface area contributed by atoms with Crippen LogP contribution in [0.25, 0.3) is 17.4 Å². The number of furan rings is 1. The number of nitrogens with one attached hydrogen (secondary N) is 1. The van der Waals surface area contributed by atoms with E-state index in [1.54, 1.807) is 6.08 Å². The molecule has 1 saturated heterocycles. The van der Waals surface area contributed by atoms with Crippen molar-refractivity contribution in [2.75, 3.05) is 36.4 Å². The molecule has 0 saturated carbocycles. The summed E-state index contributed by atoms with van der Waals surface area (Å²) in [5, 5.41) is 2.88. The lowest BCUT2D eigenvalue weighted by molar-refractivity contribution is -0.132. The monoisotopic (exact) mass is 457 g/mol. The van der Waals surface area contributed by atoms with Gasteiger partial charge in [0, 0.05) is 55.6 Å².